The summed E-state index contributed by atoms with van der Waals surface area (Å²) < 4.78 is 7.71. The van der Waals surface area contributed by atoms with Crippen molar-refractivity contribution in [2.75, 3.05) is 0 Å². The number of H-pyrrole nitrogens is 1. The lowest BCUT2D eigenvalue weighted by atomic mass is 10.2. The zero-order valence-corrected chi connectivity index (χ0v) is 16.8. The molecule has 0 radical (unpaired) electrons. The third kappa shape index (κ3) is 3.62. The fraction of sp³-hybridized carbons (Fsp3) is 0.143. The molecule has 0 bridgehead atoms. The Kier molecular flexibility index (Phi) is 5.20. The summed E-state index contributed by atoms with van der Waals surface area (Å²) in [5.41, 5.74) is -0.142. The highest BCUT2D eigenvalue weighted by Gasteiger charge is 2.19. The van der Waals surface area contributed by atoms with Gasteiger partial charge in [0.05, 0.1) is 17.5 Å². The number of nitrogens with one attached hydrogen (secondary N) is 1. The van der Waals surface area contributed by atoms with Gasteiger partial charge in [-0.3, -0.25) is 18.7 Å². The highest BCUT2D eigenvalue weighted by Crippen LogP contribution is 2.23. The fourth-order valence-electron chi connectivity index (χ4n) is 3.07. The number of aromatic amines is 1. The van der Waals surface area contributed by atoms with Crippen molar-refractivity contribution in [1.29, 1.82) is 0 Å². The summed E-state index contributed by atoms with van der Waals surface area (Å²) in [5, 5.41) is 0.266. The Bertz CT molecular complexity index is 1410. The van der Waals surface area contributed by atoms with Crippen molar-refractivity contribution in [3.05, 3.63) is 102 Å². The highest BCUT2D eigenvalue weighted by molar-refractivity contribution is 7.20. The van der Waals surface area contributed by atoms with Crippen LogP contribution in [-0.4, -0.2) is 20.1 Å². The van der Waals surface area contributed by atoms with E-state index >= 15 is 0 Å². The summed E-state index contributed by atoms with van der Waals surface area (Å²) in [7, 11) is 1.56. The van der Waals surface area contributed by atoms with Crippen molar-refractivity contribution in [3.63, 3.8) is 0 Å². The summed E-state index contributed by atoms with van der Waals surface area (Å²) >= 11 is 1.00. The molecule has 0 unspecified atom stereocenters. The van der Waals surface area contributed by atoms with E-state index in [9.17, 15) is 19.2 Å². The number of pyridine rings is 1. The molecule has 0 aliphatic rings. The van der Waals surface area contributed by atoms with Crippen LogP contribution in [0.4, 0.5) is 0 Å². The largest absolute Gasteiger partial charge is 0.456 e. The smallest absolute Gasteiger partial charge is 0.348 e. The number of hydrogen-bond donors (Lipinski definition) is 1. The van der Waals surface area contributed by atoms with Crippen LogP contribution < -0.4 is 16.8 Å². The van der Waals surface area contributed by atoms with Gasteiger partial charge in [-0.25, -0.2) is 9.59 Å². The van der Waals surface area contributed by atoms with Crippen LogP contribution in [0.25, 0.3) is 10.2 Å². The number of carbonyl (C=O) groups is 1. The van der Waals surface area contributed by atoms with Crippen molar-refractivity contribution >= 4 is 27.5 Å². The van der Waals surface area contributed by atoms with Gasteiger partial charge in [0.1, 0.15) is 16.3 Å². The van der Waals surface area contributed by atoms with E-state index in [1.165, 1.54) is 16.8 Å². The van der Waals surface area contributed by atoms with Gasteiger partial charge in [-0.1, -0.05) is 30.3 Å². The van der Waals surface area contributed by atoms with E-state index < -0.39 is 17.2 Å². The number of carbonyl (C=O) groups excluding carboxylic acids is 1. The summed E-state index contributed by atoms with van der Waals surface area (Å²) in [6, 6.07) is 13.8. The Morgan fingerprint density at radius 1 is 1.10 bits per heavy atom. The fourth-order valence-corrected chi connectivity index (χ4v) is 4.07. The van der Waals surface area contributed by atoms with Gasteiger partial charge < -0.3 is 9.72 Å². The molecule has 0 aliphatic carbocycles. The molecule has 3 aromatic heterocycles. The van der Waals surface area contributed by atoms with E-state index in [0.29, 0.717) is 10.4 Å². The Balaban J connectivity index is 1.67. The van der Waals surface area contributed by atoms with Crippen LogP contribution in [-0.2, 0) is 24.9 Å². The van der Waals surface area contributed by atoms with E-state index in [1.54, 1.807) is 19.2 Å². The lowest BCUT2D eigenvalue weighted by Crippen LogP contribution is -2.38. The van der Waals surface area contributed by atoms with Crippen LogP contribution >= 0.6 is 11.3 Å². The number of aryl methyl sites for hydroxylation is 1. The Morgan fingerprint density at radius 2 is 1.87 bits per heavy atom. The number of rotatable bonds is 5. The second-order valence-corrected chi connectivity index (χ2v) is 7.68. The van der Waals surface area contributed by atoms with Crippen molar-refractivity contribution in [2.24, 2.45) is 7.05 Å². The molecule has 9 heteroatoms. The predicted octanol–water partition coefficient (Wildman–Crippen LogP) is 1.86. The van der Waals surface area contributed by atoms with Gasteiger partial charge in [0.25, 0.3) is 11.1 Å². The van der Waals surface area contributed by atoms with E-state index in [4.69, 9.17) is 4.74 Å². The van der Waals surface area contributed by atoms with E-state index in [-0.39, 0.29) is 29.0 Å². The van der Waals surface area contributed by atoms with Crippen LogP contribution in [0.5, 0.6) is 0 Å². The minimum Gasteiger partial charge on any atom is -0.456 e. The molecule has 4 rings (SSSR count). The van der Waals surface area contributed by atoms with Crippen molar-refractivity contribution in [3.8, 4) is 0 Å². The van der Waals surface area contributed by atoms with Gasteiger partial charge in [-0.15, -0.1) is 11.3 Å². The second-order valence-electron chi connectivity index (χ2n) is 6.65. The lowest BCUT2D eigenvalue weighted by Gasteiger charge is -2.08. The zero-order chi connectivity index (χ0) is 21.3. The molecule has 8 nitrogen and oxygen atoms in total. The number of fused-ring (bicyclic) bond motifs is 1. The number of hydrogen-bond acceptors (Lipinski definition) is 6. The maximum atomic E-state index is 12.9. The molecular weight excluding hydrogens is 406 g/mol. The molecule has 0 saturated heterocycles. The maximum absolute atomic E-state index is 12.9. The molecule has 0 atom stereocenters. The third-order valence-electron chi connectivity index (χ3n) is 4.65. The van der Waals surface area contributed by atoms with E-state index in [1.807, 2.05) is 30.3 Å². The minimum absolute atomic E-state index is 0.134. The van der Waals surface area contributed by atoms with Crippen LogP contribution in [0.1, 0.15) is 20.8 Å². The van der Waals surface area contributed by atoms with Gasteiger partial charge in [-0.2, -0.15) is 0 Å². The van der Waals surface area contributed by atoms with Gasteiger partial charge >= 0.3 is 11.7 Å². The molecule has 0 aliphatic heterocycles. The van der Waals surface area contributed by atoms with Gasteiger partial charge in [0, 0.05) is 13.2 Å². The quantitative estimate of drug-likeness (QED) is 0.494. The highest BCUT2D eigenvalue weighted by atomic mass is 32.1. The number of benzene rings is 1. The molecule has 0 saturated carbocycles. The van der Waals surface area contributed by atoms with Crippen LogP contribution in [0, 0.1) is 0 Å². The number of nitrogens with zero attached hydrogens (tertiary/aromatic N) is 2. The average Bonchev–Trinajstić information content (AvgIpc) is 3.21. The first-order valence-electron chi connectivity index (χ1n) is 9.06. The first-order valence-corrected chi connectivity index (χ1v) is 9.88. The third-order valence-corrected chi connectivity index (χ3v) is 5.85. The first kappa shape index (κ1) is 19.6. The summed E-state index contributed by atoms with van der Waals surface area (Å²) in [5.74, 6) is -0.666. The molecule has 0 spiro atoms. The average molecular weight is 423 g/mol. The van der Waals surface area contributed by atoms with E-state index in [2.05, 4.69) is 4.98 Å². The Morgan fingerprint density at radius 3 is 2.60 bits per heavy atom. The van der Waals surface area contributed by atoms with Crippen LogP contribution in [0.3, 0.4) is 0 Å². The molecule has 30 heavy (non-hydrogen) atoms. The Labute approximate surface area is 173 Å². The van der Waals surface area contributed by atoms with Gasteiger partial charge in [0.2, 0.25) is 0 Å². The zero-order valence-electron chi connectivity index (χ0n) is 16.0. The second kappa shape index (κ2) is 7.96. The first-order chi connectivity index (χ1) is 14.5. The van der Waals surface area contributed by atoms with Crippen molar-refractivity contribution in [1.82, 2.24) is 14.1 Å². The normalized spacial score (nSPS) is 11.0. The molecule has 1 aromatic carbocycles. The number of aromatic nitrogens is 3. The SMILES string of the molecule is Cn1c(=O)n(Cc2ccccc2)c(=O)c2cc(C(=O)OCc3ccc[nH]c3=O)sc21. The number of thiophene rings is 1. The standard InChI is InChI=1S/C21H17N3O5S/c1-23-19-15(18(26)24(21(23)28)11-13-6-3-2-4-7-13)10-16(30-19)20(27)29-12-14-8-5-9-22-17(14)25/h2-10H,11-12H2,1H3,(H,22,25). The molecule has 1 N–H and O–H groups in total. The van der Waals surface area contributed by atoms with E-state index in [0.717, 1.165) is 21.5 Å². The van der Waals surface area contributed by atoms with Crippen molar-refractivity contribution in [2.45, 2.75) is 13.2 Å². The topological polar surface area (TPSA) is 103 Å². The lowest BCUT2D eigenvalue weighted by molar-refractivity contribution is 0.0477. The molecule has 0 amide bonds. The minimum atomic E-state index is -0.666. The summed E-state index contributed by atoms with van der Waals surface area (Å²) in [6.45, 7) is -0.0604. The van der Waals surface area contributed by atoms with Crippen LogP contribution in [0.15, 0.2) is 69.1 Å². The molecule has 152 valence electrons. The van der Waals surface area contributed by atoms with Gasteiger partial charge in [0.15, 0.2) is 0 Å². The number of esters is 1. The van der Waals surface area contributed by atoms with Crippen molar-refractivity contribution < 1.29 is 9.53 Å². The monoisotopic (exact) mass is 423 g/mol. The maximum Gasteiger partial charge on any atom is 0.348 e. The van der Waals surface area contributed by atoms with Gasteiger partial charge in [-0.05, 0) is 23.8 Å². The Hall–Kier alpha value is -3.72. The molecule has 0 fully saturated rings. The summed E-state index contributed by atoms with van der Waals surface area (Å²) in [4.78, 5) is 52.9. The van der Waals surface area contributed by atoms with Crippen LogP contribution in [0.2, 0.25) is 0 Å². The number of ether oxygens (including phenoxy) is 1. The predicted molar refractivity (Wildman–Crippen MR) is 113 cm³/mol. The molecule has 4 aromatic rings. The summed E-state index contributed by atoms with van der Waals surface area (Å²) in [6.07, 6.45) is 1.49. The molecular formula is C21H17N3O5S. The molecule has 3 heterocycles.